The van der Waals surface area contributed by atoms with Crippen LogP contribution in [0.15, 0.2) is 42.5 Å². The fraction of sp³-hybridized carbons (Fsp3) is 0.571. The molecular weight excluding hydrogens is 605 g/mol. The Hall–Kier alpha value is -1.29. The van der Waals surface area contributed by atoms with E-state index < -0.39 is 0 Å². The summed E-state index contributed by atoms with van der Waals surface area (Å²) in [5, 5.41) is 6.44. The van der Waals surface area contributed by atoms with Crippen LogP contribution in [-0.2, 0) is 61.9 Å². The van der Waals surface area contributed by atoms with Gasteiger partial charge in [0.05, 0.1) is 18.9 Å². The molecule has 206 valence electrons. The van der Waals surface area contributed by atoms with Crippen molar-refractivity contribution in [2.75, 3.05) is 51.3 Å². The second-order valence-electron chi connectivity index (χ2n) is 9.85. The molecule has 0 radical (unpaired) electrons. The van der Waals surface area contributed by atoms with E-state index in [-0.39, 0.29) is 29.8 Å². The number of amides is 1. The number of nitrogens with zero attached hydrogens (tertiary/aromatic N) is 3. The summed E-state index contributed by atoms with van der Waals surface area (Å²) in [6.45, 7) is 3.09. The van der Waals surface area contributed by atoms with E-state index in [0.717, 1.165) is 57.6 Å². The van der Waals surface area contributed by atoms with Crippen molar-refractivity contribution in [2.24, 2.45) is 5.92 Å². The number of methoxy groups -OCH3 is 1. The Morgan fingerprint density at radius 1 is 1.08 bits per heavy atom. The molecule has 2 aromatic rings. The fourth-order valence-electron chi connectivity index (χ4n) is 6.19. The quantitative estimate of drug-likeness (QED) is 0.258. The molecule has 2 saturated heterocycles. The van der Waals surface area contributed by atoms with E-state index in [1.807, 2.05) is 0 Å². The molecule has 1 amide bonds. The second kappa shape index (κ2) is 16.1. The summed E-state index contributed by atoms with van der Waals surface area (Å²) < 4.78 is 13.6. The molecule has 0 N–H and O–H groups in total. The molecule has 2 bridgehead atoms. The summed E-state index contributed by atoms with van der Waals surface area (Å²) in [5.74, 6) is 0.816. The van der Waals surface area contributed by atoms with E-state index >= 15 is 0 Å². The Bertz CT molecular complexity index is 1060. The third-order valence-corrected chi connectivity index (χ3v) is 8.14. The third kappa shape index (κ3) is 7.89. The van der Waals surface area contributed by atoms with Crippen molar-refractivity contribution >= 4 is 47.9 Å². The first kappa shape index (κ1) is 31.2. The monoisotopic (exact) mass is 641 g/mol. The molecule has 10 heteroatoms. The van der Waals surface area contributed by atoms with Crippen molar-refractivity contribution in [3.8, 4) is 0 Å². The number of piperidine rings is 1. The topological polar surface area (TPSA) is 81.0 Å². The number of carbonyl (C=O) groups is 2. The zero-order valence-corrected chi connectivity index (χ0v) is 25.3. The molecule has 4 rings (SSSR count). The molecule has 38 heavy (non-hydrogen) atoms. The zero-order chi connectivity index (χ0) is 27.5. The molecule has 2 aromatic carbocycles. The number of hydrogen-bond donors (Lipinski definition) is 0. The van der Waals surface area contributed by atoms with Gasteiger partial charge < -0.3 is 40.1 Å². The number of hydrogen-bond acceptors (Lipinski definition) is 8. The normalized spacial score (nSPS) is 22.6. The molecule has 2 aliphatic heterocycles. The van der Waals surface area contributed by atoms with Crippen LogP contribution in [-0.4, -0.2) is 85.1 Å². The summed E-state index contributed by atoms with van der Waals surface area (Å²) in [5.41, 5.74) is 1.23. The Morgan fingerprint density at radius 3 is 2.55 bits per heavy atom. The van der Waals surface area contributed by atoms with Crippen molar-refractivity contribution in [1.29, 1.82) is 0 Å². The molecule has 0 aliphatic carbocycles. The van der Waals surface area contributed by atoms with Gasteiger partial charge in [-0.15, -0.1) is 0 Å². The predicted molar refractivity (Wildman–Crippen MR) is 150 cm³/mol. The van der Waals surface area contributed by atoms with Crippen molar-refractivity contribution in [3.63, 3.8) is 0 Å². The number of ether oxygens (including phenoxy) is 1. The number of fused-ring (bicyclic) bond motifs is 3. The molecular formula is C28H36N3O4S2Tc. The van der Waals surface area contributed by atoms with Crippen LogP contribution in [0, 0.1) is 5.92 Å². The van der Waals surface area contributed by atoms with E-state index in [1.165, 1.54) is 23.4 Å². The average Bonchev–Trinajstić information content (AvgIpc) is 3.22. The van der Waals surface area contributed by atoms with Gasteiger partial charge >= 0.3 is 28.3 Å². The molecule has 0 unspecified atom stereocenters. The van der Waals surface area contributed by atoms with Crippen LogP contribution >= 0.6 is 0 Å². The van der Waals surface area contributed by atoms with Crippen LogP contribution < -0.4 is 0 Å². The second-order valence-corrected chi connectivity index (χ2v) is 10.7. The van der Waals surface area contributed by atoms with Crippen LogP contribution in [0.25, 0.3) is 16.1 Å². The summed E-state index contributed by atoms with van der Waals surface area (Å²) >= 11 is 11.0. The Labute approximate surface area is 247 Å². The van der Waals surface area contributed by atoms with Gasteiger partial charge in [-0.05, 0) is 61.7 Å². The standard InChI is InChI=1S/C28H39N3O3S2.O.Tc/c1-34-28(33)27-24(22-8-7-20-5-2-3-6-21(20)17-22)18-23-9-10-25(27)31(23)13-4-12-30(14-16-36)19-26(32)29-11-15-35;;/h2-3,5-8,17,23-25,27H,4,9-16,18-19H2,1H3,(H3,29,32,35,36);;/q;;+3/p-3/t23-,24-,25+,27-;;/m0../s1/i;;1+1. The van der Waals surface area contributed by atoms with Gasteiger partial charge in [0.15, 0.2) is 0 Å². The number of rotatable bonds is 12. The van der Waals surface area contributed by atoms with Gasteiger partial charge in [-0.3, -0.25) is 14.6 Å². The molecule has 0 spiro atoms. The van der Waals surface area contributed by atoms with Crippen LogP contribution in [0.4, 0.5) is 0 Å². The minimum atomic E-state index is -0.169. The van der Waals surface area contributed by atoms with E-state index in [0.29, 0.717) is 37.2 Å². The summed E-state index contributed by atoms with van der Waals surface area (Å²) in [6, 6.07) is 15.6. The minimum absolute atomic E-state index is 0.106. The first-order chi connectivity index (χ1) is 18.5. The first-order valence-electron chi connectivity index (χ1n) is 13.1. The molecule has 0 saturated carbocycles. The molecule has 2 fully saturated rings. The third-order valence-electron chi connectivity index (χ3n) is 7.78. The van der Waals surface area contributed by atoms with E-state index in [9.17, 15) is 9.59 Å². The van der Waals surface area contributed by atoms with Gasteiger partial charge in [0.1, 0.15) is 0 Å². The predicted octanol–water partition coefficient (Wildman–Crippen LogP) is 3.51. The SMILES string of the molecule is COC(=O)[C@@H]1[C@H]2CC[C@@H](C[C@H]1c1ccc3ccccc3c1)N2CCCN(CC[S-])CC(=O)[N-]CC[S-].[O]=[99Tc+3]. The number of benzene rings is 2. The summed E-state index contributed by atoms with van der Waals surface area (Å²) in [4.78, 5) is 29.9. The zero-order valence-electron chi connectivity index (χ0n) is 21.8. The molecule has 2 heterocycles. The first-order valence-corrected chi connectivity index (χ1v) is 15.0. The van der Waals surface area contributed by atoms with E-state index in [4.69, 9.17) is 33.5 Å². The van der Waals surface area contributed by atoms with Crippen molar-refractivity contribution in [1.82, 2.24) is 9.80 Å². The van der Waals surface area contributed by atoms with Gasteiger partial charge in [-0.1, -0.05) is 42.5 Å². The Kier molecular flexibility index (Phi) is 13.2. The summed E-state index contributed by atoms with van der Waals surface area (Å²) in [6.07, 6.45) is 4.01. The number of esters is 1. The van der Waals surface area contributed by atoms with Crippen molar-refractivity contribution < 1.29 is 36.7 Å². The molecule has 0 aromatic heterocycles. The van der Waals surface area contributed by atoms with Gasteiger partial charge in [0.25, 0.3) is 0 Å². The van der Waals surface area contributed by atoms with Gasteiger partial charge in [-0.2, -0.15) is 18.1 Å². The Morgan fingerprint density at radius 2 is 1.84 bits per heavy atom. The maximum atomic E-state index is 13.1. The molecule has 2 aliphatic rings. The van der Waals surface area contributed by atoms with Gasteiger partial charge in [0, 0.05) is 24.5 Å². The molecule has 7 nitrogen and oxygen atoms in total. The van der Waals surface area contributed by atoms with Crippen LogP contribution in [0.5, 0.6) is 0 Å². The van der Waals surface area contributed by atoms with E-state index in [2.05, 4.69) is 57.6 Å². The summed E-state index contributed by atoms with van der Waals surface area (Å²) in [7, 11) is 1.51. The maximum absolute atomic E-state index is 13.1. The van der Waals surface area contributed by atoms with Crippen molar-refractivity contribution in [2.45, 2.75) is 43.7 Å². The Balaban J connectivity index is 0.00000195. The fourth-order valence-corrected chi connectivity index (χ4v) is 6.54. The van der Waals surface area contributed by atoms with Crippen molar-refractivity contribution in [3.05, 3.63) is 53.3 Å². The van der Waals surface area contributed by atoms with Crippen LogP contribution in [0.3, 0.4) is 0 Å². The van der Waals surface area contributed by atoms with E-state index in [1.54, 1.807) is 0 Å². The van der Waals surface area contributed by atoms with Crippen LogP contribution in [0.1, 0.15) is 37.2 Å². The van der Waals surface area contributed by atoms with Crippen LogP contribution in [0.2, 0.25) is 0 Å². The van der Waals surface area contributed by atoms with Gasteiger partial charge in [-0.25, -0.2) is 0 Å². The number of carbonyl (C=O) groups excluding carboxylic acids is 2. The molecule has 4 atom stereocenters. The van der Waals surface area contributed by atoms with Gasteiger partial charge in [0.2, 0.25) is 0 Å². The average molecular weight is 642 g/mol.